The van der Waals surface area contributed by atoms with Crippen molar-refractivity contribution < 1.29 is 15.3 Å². The molecule has 57 heavy (non-hydrogen) atoms. The molecule has 314 valence electrons. The SMILES string of the molecule is Cc1c(CC2=C(C(C)(C)C)CC(O)=CC2(C(C)(C)C)C(C)(C)C)c(C)c(Cc2c(C(C)(C)C)cc(O)cc2C(C)(C)C)c(C)c1Cc1ccc(O)cc1C(C)(C)C. The van der Waals surface area contributed by atoms with E-state index in [-0.39, 0.29) is 32.5 Å². The van der Waals surface area contributed by atoms with Gasteiger partial charge in [-0.15, -0.1) is 0 Å². The van der Waals surface area contributed by atoms with Crippen molar-refractivity contribution in [1.82, 2.24) is 0 Å². The number of benzene rings is 3. The summed E-state index contributed by atoms with van der Waals surface area (Å²) in [6.07, 6.45) is 5.10. The second-order valence-corrected chi connectivity index (χ2v) is 23.8. The van der Waals surface area contributed by atoms with Gasteiger partial charge in [-0.25, -0.2) is 0 Å². The van der Waals surface area contributed by atoms with Gasteiger partial charge in [0.2, 0.25) is 0 Å². The molecule has 1 aliphatic rings. The molecule has 0 bridgehead atoms. The van der Waals surface area contributed by atoms with Crippen molar-refractivity contribution in [3.05, 3.63) is 115 Å². The Morgan fingerprint density at radius 2 is 0.877 bits per heavy atom. The minimum Gasteiger partial charge on any atom is -0.512 e. The smallest absolute Gasteiger partial charge is 0.116 e. The molecular formula is C54H80O3. The molecule has 3 heteroatoms. The first kappa shape index (κ1) is 46.2. The van der Waals surface area contributed by atoms with E-state index in [0.717, 1.165) is 19.3 Å². The molecule has 0 aromatic heterocycles. The van der Waals surface area contributed by atoms with Crippen molar-refractivity contribution in [2.45, 2.75) is 187 Å². The molecule has 0 saturated carbocycles. The molecule has 3 nitrogen and oxygen atoms in total. The third kappa shape index (κ3) is 8.94. The van der Waals surface area contributed by atoms with Crippen LogP contribution in [0.5, 0.6) is 11.5 Å². The monoisotopic (exact) mass is 777 g/mol. The highest BCUT2D eigenvalue weighted by molar-refractivity contribution is 5.59. The summed E-state index contributed by atoms with van der Waals surface area (Å²) in [5.41, 5.74) is 15.5. The van der Waals surface area contributed by atoms with Crippen molar-refractivity contribution >= 4 is 0 Å². The van der Waals surface area contributed by atoms with Crippen LogP contribution >= 0.6 is 0 Å². The Kier molecular flexibility index (Phi) is 12.1. The molecular weight excluding hydrogens is 697 g/mol. The van der Waals surface area contributed by atoms with Gasteiger partial charge < -0.3 is 15.3 Å². The number of phenols is 2. The van der Waals surface area contributed by atoms with Crippen LogP contribution in [0.25, 0.3) is 0 Å². The first-order chi connectivity index (χ1) is 25.5. The molecule has 0 unspecified atom stereocenters. The van der Waals surface area contributed by atoms with E-state index in [1.165, 1.54) is 72.3 Å². The topological polar surface area (TPSA) is 60.7 Å². The lowest BCUT2D eigenvalue weighted by molar-refractivity contribution is 0.0424. The maximum absolute atomic E-state index is 11.7. The van der Waals surface area contributed by atoms with Crippen molar-refractivity contribution in [1.29, 1.82) is 0 Å². The van der Waals surface area contributed by atoms with Gasteiger partial charge in [0.25, 0.3) is 0 Å². The summed E-state index contributed by atoms with van der Waals surface area (Å²) in [6, 6.07) is 9.93. The summed E-state index contributed by atoms with van der Waals surface area (Å²) in [5, 5.41) is 33.5. The van der Waals surface area contributed by atoms with Crippen molar-refractivity contribution in [2.24, 2.45) is 21.7 Å². The molecule has 3 aromatic rings. The minimum atomic E-state index is -0.416. The second-order valence-electron chi connectivity index (χ2n) is 23.8. The van der Waals surface area contributed by atoms with Gasteiger partial charge in [-0.1, -0.05) is 142 Å². The van der Waals surface area contributed by atoms with Crippen LogP contribution in [0.4, 0.5) is 0 Å². The molecule has 0 fully saturated rings. The Balaban J connectivity index is 2.22. The number of aliphatic hydroxyl groups excluding tert-OH is 1. The lowest BCUT2D eigenvalue weighted by Crippen LogP contribution is -2.49. The van der Waals surface area contributed by atoms with Crippen LogP contribution in [-0.4, -0.2) is 15.3 Å². The summed E-state index contributed by atoms with van der Waals surface area (Å²) in [4.78, 5) is 0. The first-order valence-electron chi connectivity index (χ1n) is 21.5. The van der Waals surface area contributed by atoms with E-state index in [4.69, 9.17) is 0 Å². The van der Waals surface area contributed by atoms with Crippen molar-refractivity contribution in [2.75, 3.05) is 0 Å². The predicted octanol–water partition coefficient (Wildman–Crippen LogP) is 14.9. The summed E-state index contributed by atoms with van der Waals surface area (Å²) < 4.78 is 0. The van der Waals surface area contributed by atoms with Gasteiger partial charge in [0.05, 0.1) is 5.76 Å². The van der Waals surface area contributed by atoms with E-state index in [9.17, 15) is 15.3 Å². The van der Waals surface area contributed by atoms with Crippen LogP contribution in [0.2, 0.25) is 0 Å². The van der Waals surface area contributed by atoms with E-state index < -0.39 is 5.41 Å². The highest BCUT2D eigenvalue weighted by atomic mass is 16.3. The molecule has 1 aliphatic carbocycles. The third-order valence-corrected chi connectivity index (χ3v) is 13.4. The van der Waals surface area contributed by atoms with Crippen LogP contribution < -0.4 is 0 Å². The van der Waals surface area contributed by atoms with Crippen LogP contribution in [-0.2, 0) is 35.5 Å². The molecule has 0 amide bonds. The number of hydrogen-bond acceptors (Lipinski definition) is 3. The molecule has 0 aliphatic heterocycles. The summed E-state index contributed by atoms with van der Waals surface area (Å²) in [7, 11) is 0. The average Bonchev–Trinajstić information content (AvgIpc) is 3.01. The van der Waals surface area contributed by atoms with E-state index in [0.29, 0.717) is 23.7 Å². The Bertz CT molecular complexity index is 2020. The van der Waals surface area contributed by atoms with Crippen LogP contribution in [0.3, 0.4) is 0 Å². The predicted molar refractivity (Wildman–Crippen MR) is 245 cm³/mol. The maximum atomic E-state index is 11.7. The molecule has 3 N–H and O–H groups in total. The summed E-state index contributed by atoms with van der Waals surface area (Å²) in [6.45, 7) is 48.3. The third-order valence-electron chi connectivity index (χ3n) is 13.4. The number of aromatic hydroxyl groups is 2. The minimum absolute atomic E-state index is 0.149. The van der Waals surface area contributed by atoms with Gasteiger partial charge in [0.1, 0.15) is 11.5 Å². The van der Waals surface area contributed by atoms with E-state index in [1.807, 2.05) is 24.3 Å². The lowest BCUT2D eigenvalue weighted by Gasteiger charge is -2.57. The Hall–Kier alpha value is -3.46. The van der Waals surface area contributed by atoms with Gasteiger partial charge in [0, 0.05) is 11.8 Å². The fraction of sp³-hybridized carbons (Fsp3) is 0.593. The van der Waals surface area contributed by atoms with Gasteiger partial charge in [0.15, 0.2) is 0 Å². The number of phenolic OH excluding ortho intramolecular Hbond substituents is 2. The molecule has 0 saturated heterocycles. The van der Waals surface area contributed by atoms with Crippen LogP contribution in [0.1, 0.15) is 192 Å². The number of rotatable bonds is 6. The fourth-order valence-corrected chi connectivity index (χ4v) is 10.7. The van der Waals surface area contributed by atoms with Gasteiger partial charge in [-0.05, 0) is 164 Å². The van der Waals surface area contributed by atoms with Crippen LogP contribution in [0, 0.1) is 42.4 Å². The highest BCUT2D eigenvalue weighted by Gasteiger charge is 2.54. The molecule has 0 atom stereocenters. The van der Waals surface area contributed by atoms with E-state index in [1.54, 1.807) is 0 Å². The maximum Gasteiger partial charge on any atom is 0.116 e. The molecule has 3 aromatic carbocycles. The Labute approximate surface area is 349 Å². The summed E-state index contributed by atoms with van der Waals surface area (Å²) >= 11 is 0. The summed E-state index contributed by atoms with van der Waals surface area (Å²) in [5.74, 6) is 1.10. The number of allylic oxidation sites excluding steroid dienone is 3. The van der Waals surface area contributed by atoms with Crippen LogP contribution in [0.15, 0.2) is 53.3 Å². The normalized spacial score (nSPS) is 16.0. The zero-order valence-electron chi connectivity index (χ0n) is 40.1. The number of hydrogen-bond donors (Lipinski definition) is 3. The molecule has 0 radical (unpaired) electrons. The van der Waals surface area contributed by atoms with E-state index >= 15 is 0 Å². The molecule has 0 spiro atoms. The van der Waals surface area contributed by atoms with Crippen molar-refractivity contribution in [3.8, 4) is 11.5 Å². The highest BCUT2D eigenvalue weighted by Crippen LogP contribution is 2.63. The second kappa shape index (κ2) is 15.0. The average molecular weight is 777 g/mol. The quantitative estimate of drug-likeness (QED) is 0.219. The fourth-order valence-electron chi connectivity index (χ4n) is 10.7. The first-order valence-corrected chi connectivity index (χ1v) is 21.5. The van der Waals surface area contributed by atoms with Gasteiger partial charge in [-0.3, -0.25) is 0 Å². The standard InChI is InChI=1S/C54H80O3/c1-32-39(24-35-22-23-36(55)25-43(35)48(4,5)6)33(2)41(30-47-46(51(13,14)15)28-38(57)31-54(47,52(16,17)18)53(19,20)21)34(3)40(32)29-42-44(49(7,8)9)26-37(56)27-45(42)50(10,11)12/h22-23,25-27,31,55-57H,24,28-30H2,1-21H3. The zero-order valence-corrected chi connectivity index (χ0v) is 40.1. The van der Waals surface area contributed by atoms with Gasteiger partial charge >= 0.3 is 0 Å². The lowest BCUT2D eigenvalue weighted by atomic mass is 9.47. The van der Waals surface area contributed by atoms with Crippen molar-refractivity contribution in [3.63, 3.8) is 0 Å². The Morgan fingerprint density at radius 1 is 0.474 bits per heavy atom. The Morgan fingerprint density at radius 3 is 1.28 bits per heavy atom. The molecule has 0 heterocycles. The molecule has 4 rings (SSSR count). The zero-order chi connectivity index (χ0) is 43.8. The number of aliphatic hydroxyl groups is 1. The van der Waals surface area contributed by atoms with Gasteiger partial charge in [-0.2, -0.15) is 0 Å². The largest absolute Gasteiger partial charge is 0.512 e. The van der Waals surface area contributed by atoms with E-state index in [2.05, 4.69) is 158 Å².